The van der Waals surface area contributed by atoms with Crippen LogP contribution in [0.2, 0.25) is 0 Å². The van der Waals surface area contributed by atoms with Crippen LogP contribution in [0.1, 0.15) is 104 Å². The van der Waals surface area contributed by atoms with Gasteiger partial charge in [-0.2, -0.15) is 0 Å². The molecule has 0 aliphatic heterocycles. The second kappa shape index (κ2) is 13.2. The van der Waals surface area contributed by atoms with Crippen molar-refractivity contribution in [2.45, 2.75) is 122 Å². The molecule has 0 aromatic carbocycles. The smallest absolute Gasteiger partial charge is 0.303 e. The van der Waals surface area contributed by atoms with Gasteiger partial charge in [0.05, 0.1) is 17.8 Å². The lowest BCUT2D eigenvalue weighted by atomic mass is 9.47. The molecule has 0 amide bonds. The Labute approximate surface area is 206 Å². The number of aliphatic hydroxyl groups is 2. The van der Waals surface area contributed by atoms with E-state index in [4.69, 9.17) is 4.74 Å². The monoisotopic (exact) mass is 476 g/mol. The van der Waals surface area contributed by atoms with Gasteiger partial charge in [-0.25, -0.2) is 0 Å². The van der Waals surface area contributed by atoms with Crippen molar-refractivity contribution in [3.8, 4) is 0 Å². The predicted molar refractivity (Wildman–Crippen MR) is 136 cm³/mol. The molecule has 5 heteroatoms. The zero-order valence-corrected chi connectivity index (χ0v) is 21.5. The molecule has 0 aromatic heterocycles. The van der Waals surface area contributed by atoms with Crippen LogP contribution in [0.15, 0.2) is 23.8 Å². The molecular formula is C29H48O5. The minimum absolute atomic E-state index is 0.0351. The van der Waals surface area contributed by atoms with Crippen molar-refractivity contribution < 1.29 is 24.9 Å². The van der Waals surface area contributed by atoms with E-state index < -0.39 is 23.8 Å². The Morgan fingerprint density at radius 2 is 1.88 bits per heavy atom. The number of rotatable bonds is 13. The van der Waals surface area contributed by atoms with Crippen molar-refractivity contribution in [1.29, 1.82) is 0 Å². The molecule has 0 aromatic rings. The Kier molecular flexibility index (Phi) is 10.7. The summed E-state index contributed by atoms with van der Waals surface area (Å²) in [6.07, 6.45) is 18.7. The van der Waals surface area contributed by atoms with E-state index in [1.807, 2.05) is 6.08 Å². The van der Waals surface area contributed by atoms with Crippen molar-refractivity contribution in [2.75, 3.05) is 6.61 Å². The number of carboxylic acid groups (broad SMARTS) is 1. The third-order valence-corrected chi connectivity index (χ3v) is 8.64. The summed E-state index contributed by atoms with van der Waals surface area (Å²) in [6, 6.07) is 0. The molecule has 0 radical (unpaired) electrons. The molecule has 3 fully saturated rings. The highest BCUT2D eigenvalue weighted by atomic mass is 16.5. The fourth-order valence-corrected chi connectivity index (χ4v) is 6.82. The van der Waals surface area contributed by atoms with Crippen LogP contribution < -0.4 is 0 Å². The Morgan fingerprint density at radius 1 is 1.15 bits per heavy atom. The Bertz CT molecular complexity index is 695. The van der Waals surface area contributed by atoms with E-state index in [9.17, 15) is 20.1 Å². The van der Waals surface area contributed by atoms with E-state index in [0.717, 1.165) is 51.4 Å². The molecule has 3 aliphatic carbocycles. The second-order valence-electron chi connectivity index (χ2n) is 10.9. The summed E-state index contributed by atoms with van der Waals surface area (Å²) in [4.78, 5) is 11.2. The van der Waals surface area contributed by atoms with E-state index in [1.54, 1.807) is 0 Å². The number of allylic oxidation sites excluding steroid dienone is 1. The molecule has 6 atom stereocenters. The highest BCUT2D eigenvalue weighted by Crippen LogP contribution is 2.62. The van der Waals surface area contributed by atoms with Gasteiger partial charge in [0, 0.05) is 24.9 Å². The molecule has 0 heterocycles. The zero-order valence-electron chi connectivity index (χ0n) is 21.5. The standard InChI is InChI=1S/C29H48O5/c1-3-5-13-22-24(14-10-15-27(32)33)29(34-20-6-4-2)19-18-26(31)23(28(22)29)16-17-25(30)21-11-8-7-9-12-21/h14,16-17,21-23,25-26,28,30-31H,3-13,15,18-20H2,1-2H3,(H,32,33)/t22?,23-,25?,26+,28+,29-/m1/s1. The van der Waals surface area contributed by atoms with Crippen LogP contribution in [0.5, 0.6) is 0 Å². The lowest BCUT2D eigenvalue weighted by Gasteiger charge is -2.63. The fraction of sp³-hybridized carbons (Fsp3) is 0.828. The Balaban J connectivity index is 1.86. The zero-order chi connectivity index (χ0) is 24.6. The van der Waals surface area contributed by atoms with Gasteiger partial charge in [-0.15, -0.1) is 0 Å². The minimum Gasteiger partial charge on any atom is -0.481 e. The molecule has 194 valence electrons. The van der Waals surface area contributed by atoms with Gasteiger partial charge in [-0.05, 0) is 62.4 Å². The third-order valence-electron chi connectivity index (χ3n) is 8.64. The molecule has 5 nitrogen and oxygen atoms in total. The van der Waals surface area contributed by atoms with E-state index in [-0.39, 0.29) is 18.3 Å². The van der Waals surface area contributed by atoms with Crippen LogP contribution in [0.4, 0.5) is 0 Å². The topological polar surface area (TPSA) is 87.0 Å². The van der Waals surface area contributed by atoms with Crippen LogP contribution in [0.3, 0.4) is 0 Å². The average molecular weight is 477 g/mol. The highest BCUT2D eigenvalue weighted by Gasteiger charge is 2.63. The summed E-state index contributed by atoms with van der Waals surface area (Å²) in [5.74, 6) is 0.0276. The maximum Gasteiger partial charge on any atom is 0.303 e. The fourth-order valence-electron chi connectivity index (χ4n) is 6.82. The lowest BCUT2D eigenvalue weighted by molar-refractivity contribution is -0.185. The number of ether oxygens (including phenoxy) is 1. The van der Waals surface area contributed by atoms with Gasteiger partial charge in [-0.1, -0.05) is 70.6 Å². The van der Waals surface area contributed by atoms with Gasteiger partial charge in [0.25, 0.3) is 0 Å². The van der Waals surface area contributed by atoms with Crippen molar-refractivity contribution in [3.05, 3.63) is 23.8 Å². The second-order valence-corrected chi connectivity index (χ2v) is 10.9. The number of hydrogen-bond acceptors (Lipinski definition) is 4. The van der Waals surface area contributed by atoms with Gasteiger partial charge in [-0.3, -0.25) is 4.79 Å². The van der Waals surface area contributed by atoms with E-state index in [0.29, 0.717) is 31.3 Å². The van der Waals surface area contributed by atoms with Gasteiger partial charge in [0.2, 0.25) is 0 Å². The summed E-state index contributed by atoms with van der Waals surface area (Å²) in [6.45, 7) is 5.06. The first kappa shape index (κ1) is 27.4. The summed E-state index contributed by atoms with van der Waals surface area (Å²) in [5.41, 5.74) is 0.886. The average Bonchev–Trinajstić information content (AvgIpc) is 2.83. The largest absolute Gasteiger partial charge is 0.481 e. The SMILES string of the molecule is CCCCO[C@@]12CC[C@H](O)[C@@H](C=CC(O)C3CCCCC3)[C@@H]1C(CCCC)C2=CCCC(=O)O. The van der Waals surface area contributed by atoms with Crippen LogP contribution in [-0.2, 0) is 9.53 Å². The normalized spacial score (nSPS) is 34.2. The molecule has 34 heavy (non-hydrogen) atoms. The molecule has 0 saturated heterocycles. The number of carbonyl (C=O) groups is 1. The summed E-state index contributed by atoms with van der Waals surface area (Å²) in [7, 11) is 0. The van der Waals surface area contributed by atoms with Gasteiger partial charge in [0.1, 0.15) is 0 Å². The van der Waals surface area contributed by atoms with E-state index in [2.05, 4.69) is 26.0 Å². The van der Waals surface area contributed by atoms with Crippen LogP contribution in [-0.4, -0.2) is 45.7 Å². The van der Waals surface area contributed by atoms with Crippen molar-refractivity contribution in [1.82, 2.24) is 0 Å². The third kappa shape index (κ3) is 6.33. The Hall–Kier alpha value is -1.17. The van der Waals surface area contributed by atoms with Crippen molar-refractivity contribution >= 4 is 5.97 Å². The first-order valence-corrected chi connectivity index (χ1v) is 14.0. The number of aliphatic carboxylic acids is 1. The Morgan fingerprint density at radius 3 is 2.56 bits per heavy atom. The molecule has 2 unspecified atom stereocenters. The maximum absolute atomic E-state index is 11.2. The van der Waals surface area contributed by atoms with E-state index in [1.165, 1.54) is 24.8 Å². The van der Waals surface area contributed by atoms with Crippen LogP contribution in [0, 0.1) is 23.7 Å². The molecular weight excluding hydrogens is 428 g/mol. The number of carboxylic acids is 1. The first-order chi connectivity index (χ1) is 16.4. The highest BCUT2D eigenvalue weighted by molar-refractivity contribution is 5.66. The number of unbranched alkanes of at least 4 members (excludes halogenated alkanes) is 2. The molecule has 3 saturated carbocycles. The number of hydrogen-bond donors (Lipinski definition) is 3. The number of aliphatic hydroxyl groups excluding tert-OH is 2. The minimum atomic E-state index is -0.768. The molecule has 0 bridgehead atoms. The quantitative estimate of drug-likeness (QED) is 0.223. The maximum atomic E-state index is 11.2. The number of fused-ring (bicyclic) bond motifs is 1. The first-order valence-electron chi connectivity index (χ1n) is 14.0. The summed E-state index contributed by atoms with van der Waals surface area (Å²) >= 11 is 0. The van der Waals surface area contributed by atoms with Crippen LogP contribution >= 0.6 is 0 Å². The summed E-state index contributed by atoms with van der Waals surface area (Å²) < 4.78 is 6.67. The predicted octanol–water partition coefficient (Wildman–Crippen LogP) is 6.04. The molecule has 0 spiro atoms. The van der Waals surface area contributed by atoms with Gasteiger partial charge < -0.3 is 20.1 Å². The van der Waals surface area contributed by atoms with Crippen molar-refractivity contribution in [3.63, 3.8) is 0 Å². The molecule has 3 aliphatic rings. The van der Waals surface area contributed by atoms with Crippen LogP contribution in [0.25, 0.3) is 0 Å². The molecule has 3 rings (SSSR count). The molecule has 3 N–H and O–H groups in total. The van der Waals surface area contributed by atoms with Gasteiger partial charge in [0.15, 0.2) is 0 Å². The van der Waals surface area contributed by atoms with Gasteiger partial charge >= 0.3 is 5.97 Å². The lowest BCUT2D eigenvalue weighted by Crippen LogP contribution is -2.65. The van der Waals surface area contributed by atoms with E-state index >= 15 is 0 Å². The summed E-state index contributed by atoms with van der Waals surface area (Å²) in [5, 5.41) is 31.1. The van der Waals surface area contributed by atoms with Crippen molar-refractivity contribution in [2.24, 2.45) is 23.7 Å².